The first-order valence-corrected chi connectivity index (χ1v) is 13.0. The smallest absolute Gasteiger partial charge is 0.416 e. The van der Waals surface area contributed by atoms with Crippen molar-refractivity contribution in [3.8, 4) is 5.75 Å². The predicted molar refractivity (Wildman–Crippen MR) is 128 cm³/mol. The van der Waals surface area contributed by atoms with E-state index in [0.717, 1.165) is 63.7 Å². The van der Waals surface area contributed by atoms with Gasteiger partial charge in [-0.25, -0.2) is 0 Å². The fourth-order valence-electron chi connectivity index (χ4n) is 6.22. The Labute approximate surface area is 211 Å². The molecule has 6 nitrogen and oxygen atoms in total. The summed E-state index contributed by atoms with van der Waals surface area (Å²) in [5.74, 6) is 0.856. The Morgan fingerprint density at radius 2 is 1.92 bits per heavy atom. The minimum atomic E-state index is -4.44. The SMILES string of the molecule is COC(=O)CCC1CCN([C@@H]2CC[C@@](C(=O)N3COc4ccc(C(F)(F)F)cc4C3)(C(C)C)C2)CC1. The number of alkyl halides is 3. The summed E-state index contributed by atoms with van der Waals surface area (Å²) >= 11 is 0. The standard InChI is InChI=1S/C27H37F3N2O4/c1-18(2)26(11-8-22(15-26)31-12-9-19(10-13-31)4-7-24(33)35-3)25(34)32-16-20-14-21(27(28,29)30)5-6-23(20)36-17-32/h5-6,14,18-19,22H,4,7-13,15-17H2,1-3H3/t22-,26+/m1/s1. The van der Waals surface area contributed by atoms with Crippen LogP contribution in [0.5, 0.6) is 5.75 Å². The molecule has 0 unspecified atom stereocenters. The number of carbonyl (C=O) groups is 2. The fraction of sp³-hybridized carbons (Fsp3) is 0.704. The van der Waals surface area contributed by atoms with Crippen molar-refractivity contribution < 1.29 is 32.2 Å². The van der Waals surface area contributed by atoms with Crippen molar-refractivity contribution in [2.24, 2.45) is 17.3 Å². The number of halogens is 3. The van der Waals surface area contributed by atoms with E-state index in [9.17, 15) is 22.8 Å². The van der Waals surface area contributed by atoms with Crippen LogP contribution in [0, 0.1) is 17.3 Å². The van der Waals surface area contributed by atoms with Gasteiger partial charge in [-0.15, -0.1) is 0 Å². The van der Waals surface area contributed by atoms with Gasteiger partial charge in [0.1, 0.15) is 5.75 Å². The molecule has 1 aliphatic carbocycles. The second-order valence-corrected chi connectivity index (χ2v) is 10.9. The minimum absolute atomic E-state index is 0.0176. The van der Waals surface area contributed by atoms with Gasteiger partial charge in [0.15, 0.2) is 6.73 Å². The second kappa shape index (κ2) is 10.6. The zero-order valence-corrected chi connectivity index (χ0v) is 21.4. The van der Waals surface area contributed by atoms with Gasteiger partial charge in [-0.1, -0.05) is 13.8 Å². The summed E-state index contributed by atoms with van der Waals surface area (Å²) in [4.78, 5) is 29.4. The molecule has 2 aliphatic heterocycles. The number of benzene rings is 1. The van der Waals surface area contributed by atoms with Crippen molar-refractivity contribution in [3.63, 3.8) is 0 Å². The second-order valence-electron chi connectivity index (χ2n) is 10.9. The summed E-state index contributed by atoms with van der Waals surface area (Å²) in [6.45, 7) is 6.24. The van der Waals surface area contributed by atoms with Crippen LogP contribution in [0.4, 0.5) is 13.2 Å². The van der Waals surface area contributed by atoms with Gasteiger partial charge in [0.25, 0.3) is 0 Å². The molecule has 0 spiro atoms. The Morgan fingerprint density at radius 3 is 2.56 bits per heavy atom. The summed E-state index contributed by atoms with van der Waals surface area (Å²) in [5.41, 5.74) is -0.880. The van der Waals surface area contributed by atoms with Gasteiger partial charge in [-0.05, 0) is 81.6 Å². The number of hydrogen-bond acceptors (Lipinski definition) is 5. The Kier molecular flexibility index (Phi) is 7.88. The molecule has 2 atom stereocenters. The molecular formula is C27H37F3N2O4. The van der Waals surface area contributed by atoms with Crippen molar-refractivity contribution in [1.82, 2.24) is 9.80 Å². The number of piperidine rings is 1. The Morgan fingerprint density at radius 1 is 1.19 bits per heavy atom. The summed E-state index contributed by atoms with van der Waals surface area (Å²) in [7, 11) is 1.42. The Bertz CT molecular complexity index is 959. The average molecular weight is 511 g/mol. The van der Waals surface area contributed by atoms with E-state index < -0.39 is 17.2 Å². The molecular weight excluding hydrogens is 473 g/mol. The summed E-state index contributed by atoms with van der Waals surface area (Å²) in [6.07, 6.45) is 1.40. The van der Waals surface area contributed by atoms with Crippen molar-refractivity contribution in [2.45, 2.75) is 77.6 Å². The third-order valence-corrected chi connectivity index (χ3v) is 8.62. The Balaban J connectivity index is 1.40. The molecule has 36 heavy (non-hydrogen) atoms. The number of rotatable bonds is 6. The molecule has 2 fully saturated rings. The molecule has 9 heteroatoms. The molecule has 1 aromatic rings. The lowest BCUT2D eigenvalue weighted by Gasteiger charge is -2.41. The number of ether oxygens (including phenoxy) is 2. The minimum Gasteiger partial charge on any atom is -0.473 e. The summed E-state index contributed by atoms with van der Waals surface area (Å²) < 4.78 is 50.1. The summed E-state index contributed by atoms with van der Waals surface area (Å²) in [6, 6.07) is 3.77. The lowest BCUT2D eigenvalue weighted by atomic mass is 9.74. The van der Waals surface area contributed by atoms with Crippen LogP contribution in [-0.4, -0.2) is 54.6 Å². The molecule has 0 bridgehead atoms. The molecule has 0 radical (unpaired) electrons. The van der Waals surface area contributed by atoms with E-state index in [0.29, 0.717) is 29.7 Å². The monoisotopic (exact) mass is 510 g/mol. The number of amides is 1. The topological polar surface area (TPSA) is 59.1 Å². The highest BCUT2D eigenvalue weighted by Crippen LogP contribution is 2.48. The zero-order valence-electron chi connectivity index (χ0n) is 21.4. The van der Waals surface area contributed by atoms with Gasteiger partial charge in [-0.3, -0.25) is 9.59 Å². The first kappa shape index (κ1) is 26.8. The van der Waals surface area contributed by atoms with E-state index in [2.05, 4.69) is 18.7 Å². The maximum Gasteiger partial charge on any atom is 0.416 e. The van der Waals surface area contributed by atoms with Crippen LogP contribution < -0.4 is 4.74 Å². The van der Waals surface area contributed by atoms with Crippen LogP contribution in [-0.2, 0) is 27.0 Å². The molecule has 4 rings (SSSR count). The number of hydrogen-bond donors (Lipinski definition) is 0. The van der Waals surface area contributed by atoms with Crippen LogP contribution in [0.1, 0.15) is 69.9 Å². The van der Waals surface area contributed by atoms with Crippen LogP contribution in [0.25, 0.3) is 0 Å². The van der Waals surface area contributed by atoms with Gasteiger partial charge in [0.05, 0.1) is 24.6 Å². The molecule has 0 aromatic heterocycles. The fourth-order valence-corrected chi connectivity index (χ4v) is 6.22. The predicted octanol–water partition coefficient (Wildman–Crippen LogP) is 5.24. The number of carbonyl (C=O) groups excluding carboxylic acids is 2. The molecule has 1 aromatic carbocycles. The van der Waals surface area contributed by atoms with E-state index in [4.69, 9.17) is 9.47 Å². The quantitative estimate of drug-likeness (QED) is 0.490. The van der Waals surface area contributed by atoms with Gasteiger partial charge >= 0.3 is 12.1 Å². The van der Waals surface area contributed by atoms with E-state index in [-0.39, 0.29) is 31.1 Å². The molecule has 1 amide bonds. The average Bonchev–Trinajstić information content (AvgIpc) is 3.33. The third kappa shape index (κ3) is 5.50. The van der Waals surface area contributed by atoms with E-state index >= 15 is 0 Å². The maximum absolute atomic E-state index is 13.9. The zero-order chi connectivity index (χ0) is 26.1. The van der Waals surface area contributed by atoms with Crippen molar-refractivity contribution in [1.29, 1.82) is 0 Å². The molecule has 0 N–H and O–H groups in total. The number of fused-ring (bicyclic) bond motifs is 1. The van der Waals surface area contributed by atoms with Crippen molar-refractivity contribution in [2.75, 3.05) is 26.9 Å². The number of likely N-dealkylation sites (tertiary alicyclic amines) is 1. The van der Waals surface area contributed by atoms with E-state index in [1.165, 1.54) is 13.2 Å². The van der Waals surface area contributed by atoms with Crippen LogP contribution in [0.2, 0.25) is 0 Å². The third-order valence-electron chi connectivity index (χ3n) is 8.62. The van der Waals surface area contributed by atoms with E-state index in [1.54, 1.807) is 4.90 Å². The lowest BCUT2D eigenvalue weighted by Crippen LogP contribution is -2.49. The Hall–Kier alpha value is -2.29. The van der Waals surface area contributed by atoms with Gasteiger partial charge < -0.3 is 19.3 Å². The molecule has 3 aliphatic rings. The molecule has 200 valence electrons. The molecule has 2 heterocycles. The highest BCUT2D eigenvalue weighted by atomic mass is 19.4. The number of nitrogens with zero attached hydrogens (tertiary/aromatic N) is 2. The van der Waals surface area contributed by atoms with Crippen LogP contribution in [0.3, 0.4) is 0 Å². The van der Waals surface area contributed by atoms with Gasteiger partial charge in [0, 0.05) is 18.0 Å². The van der Waals surface area contributed by atoms with Gasteiger partial charge in [-0.2, -0.15) is 13.2 Å². The van der Waals surface area contributed by atoms with E-state index in [1.807, 2.05) is 0 Å². The lowest BCUT2D eigenvalue weighted by molar-refractivity contribution is -0.150. The molecule has 1 saturated heterocycles. The summed E-state index contributed by atoms with van der Waals surface area (Å²) in [5, 5.41) is 0. The maximum atomic E-state index is 13.9. The van der Waals surface area contributed by atoms with Crippen LogP contribution in [0.15, 0.2) is 18.2 Å². The highest BCUT2D eigenvalue weighted by molar-refractivity contribution is 5.83. The number of esters is 1. The van der Waals surface area contributed by atoms with Crippen LogP contribution >= 0.6 is 0 Å². The first-order valence-electron chi connectivity index (χ1n) is 13.0. The highest BCUT2D eigenvalue weighted by Gasteiger charge is 2.51. The normalized spacial score (nSPS) is 25.5. The number of methoxy groups -OCH3 is 1. The van der Waals surface area contributed by atoms with Gasteiger partial charge in [0.2, 0.25) is 5.91 Å². The van der Waals surface area contributed by atoms with Crippen molar-refractivity contribution in [3.05, 3.63) is 29.3 Å². The largest absolute Gasteiger partial charge is 0.473 e. The molecule has 1 saturated carbocycles. The van der Waals surface area contributed by atoms with Crippen molar-refractivity contribution >= 4 is 11.9 Å². The first-order chi connectivity index (χ1) is 17.0.